The first-order chi connectivity index (χ1) is 17.0. The van der Waals surface area contributed by atoms with Gasteiger partial charge in [-0.25, -0.2) is 4.79 Å². The van der Waals surface area contributed by atoms with Crippen molar-refractivity contribution in [2.75, 3.05) is 19.6 Å². The third-order valence-corrected chi connectivity index (χ3v) is 6.59. The minimum atomic E-state index is -0.500. The summed E-state index contributed by atoms with van der Waals surface area (Å²) in [6.45, 7) is 11.1. The van der Waals surface area contributed by atoms with Gasteiger partial charge in [-0.1, -0.05) is 12.1 Å². The minimum absolute atomic E-state index is 0.185. The lowest BCUT2D eigenvalue weighted by molar-refractivity contribution is 0.0181. The molecule has 2 aliphatic rings. The maximum absolute atomic E-state index is 12.9. The number of nitriles is 2. The fourth-order valence-corrected chi connectivity index (χ4v) is 4.71. The molecule has 2 amide bonds. The fourth-order valence-electron chi connectivity index (χ4n) is 4.71. The Morgan fingerprint density at radius 1 is 1.11 bits per heavy atom. The standard InChI is InChI=1S/C28H35N5O3/c1-18-23(16-29)25(24(17-30)19(2)32-18)21-7-6-8-22(15-21)26(34)31-12-9-20-10-13-33(14-11-20)27(35)36-28(3,4)5/h6-8,15,20,25,32H,9-14H2,1-5H3,(H,31,34). The number of rotatable bonds is 5. The molecule has 0 bridgehead atoms. The zero-order valence-corrected chi connectivity index (χ0v) is 21.8. The molecule has 8 heteroatoms. The second-order valence-electron chi connectivity index (χ2n) is 10.4. The molecule has 36 heavy (non-hydrogen) atoms. The summed E-state index contributed by atoms with van der Waals surface area (Å²) in [6.07, 6.45) is 2.33. The summed E-state index contributed by atoms with van der Waals surface area (Å²) >= 11 is 0. The Labute approximate surface area is 213 Å². The van der Waals surface area contributed by atoms with Crippen LogP contribution < -0.4 is 10.6 Å². The Balaban J connectivity index is 1.57. The van der Waals surface area contributed by atoms with Gasteiger partial charge in [0.2, 0.25) is 0 Å². The van der Waals surface area contributed by atoms with Crippen LogP contribution in [0.15, 0.2) is 46.8 Å². The molecule has 0 atom stereocenters. The van der Waals surface area contributed by atoms with Gasteiger partial charge in [0.15, 0.2) is 0 Å². The predicted octanol–water partition coefficient (Wildman–Crippen LogP) is 4.74. The van der Waals surface area contributed by atoms with Gasteiger partial charge in [0.05, 0.1) is 29.2 Å². The van der Waals surface area contributed by atoms with Gasteiger partial charge in [-0.05, 0) is 77.5 Å². The minimum Gasteiger partial charge on any atom is -0.444 e. The molecule has 1 aromatic carbocycles. The summed E-state index contributed by atoms with van der Waals surface area (Å²) in [5.74, 6) is -0.248. The van der Waals surface area contributed by atoms with Gasteiger partial charge >= 0.3 is 6.09 Å². The topological polar surface area (TPSA) is 118 Å². The van der Waals surface area contributed by atoms with E-state index in [1.54, 1.807) is 23.1 Å². The van der Waals surface area contributed by atoms with Crippen LogP contribution >= 0.6 is 0 Å². The van der Waals surface area contributed by atoms with E-state index in [-0.39, 0.29) is 12.0 Å². The monoisotopic (exact) mass is 489 g/mol. The summed E-state index contributed by atoms with van der Waals surface area (Å²) in [7, 11) is 0. The van der Waals surface area contributed by atoms with Crippen LogP contribution in [0.5, 0.6) is 0 Å². The number of nitrogens with one attached hydrogen (secondary N) is 2. The van der Waals surface area contributed by atoms with Crippen molar-refractivity contribution in [1.82, 2.24) is 15.5 Å². The summed E-state index contributed by atoms with van der Waals surface area (Å²) in [6, 6.07) is 11.6. The number of hydrogen-bond donors (Lipinski definition) is 2. The number of allylic oxidation sites excluding steroid dienone is 4. The molecule has 0 aliphatic carbocycles. The second-order valence-corrected chi connectivity index (χ2v) is 10.4. The van der Waals surface area contributed by atoms with Crippen molar-refractivity contribution in [3.63, 3.8) is 0 Å². The summed E-state index contributed by atoms with van der Waals surface area (Å²) in [5, 5.41) is 25.5. The van der Waals surface area contributed by atoms with Crippen molar-refractivity contribution in [1.29, 1.82) is 10.5 Å². The van der Waals surface area contributed by atoms with Gasteiger partial charge in [0.1, 0.15) is 5.60 Å². The van der Waals surface area contributed by atoms with Gasteiger partial charge in [0.25, 0.3) is 5.91 Å². The molecule has 2 N–H and O–H groups in total. The highest BCUT2D eigenvalue weighted by atomic mass is 16.6. The number of carbonyl (C=O) groups excluding carboxylic acids is 2. The zero-order chi connectivity index (χ0) is 26.5. The van der Waals surface area contributed by atoms with Crippen LogP contribution in [-0.2, 0) is 4.74 Å². The normalized spacial score (nSPS) is 17.2. The average Bonchev–Trinajstić information content (AvgIpc) is 2.83. The molecule has 0 saturated carbocycles. The van der Waals surface area contributed by atoms with Crippen molar-refractivity contribution >= 4 is 12.0 Å². The molecule has 0 unspecified atom stereocenters. The van der Waals surface area contributed by atoms with Crippen LogP contribution in [-0.4, -0.2) is 42.1 Å². The molecule has 190 valence electrons. The first kappa shape index (κ1) is 26.8. The van der Waals surface area contributed by atoms with E-state index >= 15 is 0 Å². The maximum Gasteiger partial charge on any atom is 0.410 e. The van der Waals surface area contributed by atoms with Gasteiger partial charge < -0.3 is 20.3 Å². The molecule has 1 saturated heterocycles. The Kier molecular flexibility index (Phi) is 8.42. The van der Waals surface area contributed by atoms with E-state index in [0.29, 0.717) is 53.7 Å². The number of dihydropyridines is 1. The third kappa shape index (κ3) is 6.46. The van der Waals surface area contributed by atoms with Crippen molar-refractivity contribution in [3.05, 3.63) is 57.9 Å². The quantitative estimate of drug-likeness (QED) is 0.617. The van der Waals surface area contributed by atoms with E-state index < -0.39 is 11.5 Å². The lowest BCUT2D eigenvalue weighted by Crippen LogP contribution is -2.42. The summed E-state index contributed by atoms with van der Waals surface area (Å²) in [4.78, 5) is 26.9. The van der Waals surface area contributed by atoms with Crippen molar-refractivity contribution in [3.8, 4) is 12.1 Å². The first-order valence-electron chi connectivity index (χ1n) is 12.4. The third-order valence-electron chi connectivity index (χ3n) is 6.59. The number of nitrogens with zero attached hydrogens (tertiary/aromatic N) is 3. The Bertz CT molecular complexity index is 1120. The fraction of sp³-hybridized carbons (Fsp3) is 0.500. The highest BCUT2D eigenvalue weighted by Crippen LogP contribution is 2.37. The molecule has 0 radical (unpaired) electrons. The number of benzene rings is 1. The smallest absolute Gasteiger partial charge is 0.410 e. The van der Waals surface area contributed by atoms with E-state index in [9.17, 15) is 20.1 Å². The molecule has 8 nitrogen and oxygen atoms in total. The van der Waals surface area contributed by atoms with Crippen LogP contribution in [0.2, 0.25) is 0 Å². The predicted molar refractivity (Wildman–Crippen MR) is 136 cm³/mol. The number of piperidine rings is 1. The molecule has 0 aromatic heterocycles. The molecule has 3 rings (SSSR count). The first-order valence-corrected chi connectivity index (χ1v) is 12.4. The van der Waals surface area contributed by atoms with E-state index in [1.165, 1.54) is 0 Å². The Morgan fingerprint density at radius 2 is 1.72 bits per heavy atom. The highest BCUT2D eigenvalue weighted by Gasteiger charge is 2.30. The van der Waals surface area contributed by atoms with Crippen molar-refractivity contribution in [2.24, 2.45) is 5.92 Å². The van der Waals surface area contributed by atoms with Crippen LogP contribution in [0.25, 0.3) is 0 Å². The van der Waals surface area contributed by atoms with Crippen LogP contribution in [0.3, 0.4) is 0 Å². The number of carbonyl (C=O) groups is 2. The van der Waals surface area contributed by atoms with Gasteiger partial charge in [-0.2, -0.15) is 10.5 Å². The molecular formula is C28H35N5O3. The molecule has 1 aromatic rings. The SMILES string of the molecule is CC1=C(C#N)C(c2cccc(C(=O)NCCC3CCN(C(=O)OC(C)(C)C)CC3)c2)C(C#N)=C(C)N1. The van der Waals surface area contributed by atoms with Gasteiger partial charge in [-0.3, -0.25) is 4.79 Å². The second kappa shape index (κ2) is 11.3. The Hall–Kier alpha value is -3.78. The van der Waals surface area contributed by atoms with Crippen molar-refractivity contribution in [2.45, 2.75) is 65.4 Å². The summed E-state index contributed by atoms with van der Waals surface area (Å²) in [5.41, 5.74) is 3.12. The van der Waals surface area contributed by atoms with E-state index in [1.807, 2.05) is 40.7 Å². The van der Waals surface area contributed by atoms with Crippen molar-refractivity contribution < 1.29 is 14.3 Å². The lowest BCUT2D eigenvalue weighted by Gasteiger charge is -2.33. The van der Waals surface area contributed by atoms with E-state index in [4.69, 9.17) is 4.74 Å². The van der Waals surface area contributed by atoms with Crippen LogP contribution in [0.4, 0.5) is 4.79 Å². The van der Waals surface area contributed by atoms with Gasteiger partial charge in [-0.15, -0.1) is 0 Å². The molecule has 2 heterocycles. The largest absolute Gasteiger partial charge is 0.444 e. The number of likely N-dealkylation sites (tertiary alicyclic amines) is 1. The number of hydrogen-bond acceptors (Lipinski definition) is 6. The maximum atomic E-state index is 12.9. The highest BCUT2D eigenvalue weighted by molar-refractivity contribution is 5.94. The number of amides is 2. The molecule has 2 aliphatic heterocycles. The van der Waals surface area contributed by atoms with E-state index in [0.717, 1.165) is 24.8 Å². The number of ether oxygens (including phenoxy) is 1. The van der Waals surface area contributed by atoms with Crippen LogP contribution in [0, 0.1) is 28.6 Å². The molecular weight excluding hydrogens is 454 g/mol. The lowest BCUT2D eigenvalue weighted by atomic mass is 9.81. The molecule has 1 fully saturated rings. The Morgan fingerprint density at radius 3 is 2.28 bits per heavy atom. The van der Waals surface area contributed by atoms with E-state index in [2.05, 4.69) is 22.8 Å². The average molecular weight is 490 g/mol. The summed E-state index contributed by atoms with van der Waals surface area (Å²) < 4.78 is 5.45. The zero-order valence-electron chi connectivity index (χ0n) is 21.8. The molecule has 0 spiro atoms. The van der Waals surface area contributed by atoms with Crippen LogP contribution in [0.1, 0.15) is 75.7 Å². The van der Waals surface area contributed by atoms with Gasteiger partial charge in [0, 0.05) is 36.6 Å².